The number of carbonyl (C=O) groups is 1. The molecule has 0 spiro atoms. The van der Waals surface area contributed by atoms with Crippen molar-refractivity contribution in [1.29, 1.82) is 0 Å². The molecule has 1 aromatic carbocycles. The van der Waals surface area contributed by atoms with E-state index in [4.69, 9.17) is 9.84 Å². The van der Waals surface area contributed by atoms with Crippen molar-refractivity contribution < 1.29 is 19.7 Å². The number of ether oxygens (including phenoxy) is 1. The Kier molecular flexibility index (Phi) is 6.32. The largest absolute Gasteiger partial charge is 0.496 e. The van der Waals surface area contributed by atoms with Crippen molar-refractivity contribution in [2.45, 2.75) is 25.9 Å². The Balaban J connectivity index is 2.46. The van der Waals surface area contributed by atoms with Crippen LogP contribution in [0.1, 0.15) is 30.1 Å². The Bertz CT molecular complexity index is 420. The second-order valence-electron chi connectivity index (χ2n) is 4.46. The van der Waals surface area contributed by atoms with Crippen molar-refractivity contribution in [2.75, 3.05) is 20.2 Å². The molecule has 0 saturated heterocycles. The topological polar surface area (TPSA) is 78.8 Å². The highest BCUT2D eigenvalue weighted by Crippen LogP contribution is 2.25. The van der Waals surface area contributed by atoms with E-state index in [1.54, 1.807) is 7.11 Å². The van der Waals surface area contributed by atoms with Crippen LogP contribution in [-0.4, -0.2) is 36.4 Å². The molecule has 0 amide bonds. The van der Waals surface area contributed by atoms with Crippen molar-refractivity contribution in [2.24, 2.45) is 0 Å². The molecule has 0 heterocycles. The zero-order chi connectivity index (χ0) is 14.3. The molecule has 0 aliphatic heterocycles. The van der Waals surface area contributed by atoms with Gasteiger partial charge in [-0.25, -0.2) is 0 Å². The summed E-state index contributed by atoms with van der Waals surface area (Å²) in [5.74, 6) is -0.145. The highest BCUT2D eigenvalue weighted by molar-refractivity contribution is 5.66. The lowest BCUT2D eigenvalue weighted by atomic mass is 10.1. The first-order valence-corrected chi connectivity index (χ1v) is 6.29. The highest BCUT2D eigenvalue weighted by atomic mass is 16.5. The van der Waals surface area contributed by atoms with Gasteiger partial charge in [-0.2, -0.15) is 0 Å². The zero-order valence-electron chi connectivity index (χ0n) is 11.3. The van der Waals surface area contributed by atoms with Gasteiger partial charge in [0.1, 0.15) is 5.75 Å². The summed E-state index contributed by atoms with van der Waals surface area (Å²) >= 11 is 0. The number of carboxylic acids is 1. The van der Waals surface area contributed by atoms with Crippen molar-refractivity contribution in [3.63, 3.8) is 0 Å². The van der Waals surface area contributed by atoms with Gasteiger partial charge in [-0.15, -0.1) is 0 Å². The van der Waals surface area contributed by atoms with Gasteiger partial charge < -0.3 is 20.3 Å². The summed E-state index contributed by atoms with van der Waals surface area (Å²) in [6.07, 6.45) is 0.0174. The van der Waals surface area contributed by atoms with Gasteiger partial charge in [0.15, 0.2) is 0 Å². The van der Waals surface area contributed by atoms with E-state index in [0.29, 0.717) is 25.3 Å². The van der Waals surface area contributed by atoms with E-state index >= 15 is 0 Å². The summed E-state index contributed by atoms with van der Waals surface area (Å²) in [5, 5.41) is 21.7. The molecular formula is C14H21NO4. The van der Waals surface area contributed by atoms with E-state index in [1.807, 2.05) is 25.1 Å². The van der Waals surface area contributed by atoms with E-state index in [9.17, 15) is 9.90 Å². The first kappa shape index (κ1) is 15.5. The number of rotatable bonds is 8. The van der Waals surface area contributed by atoms with Gasteiger partial charge in [-0.05, 0) is 32.0 Å². The molecule has 106 valence electrons. The van der Waals surface area contributed by atoms with Crippen LogP contribution in [0.2, 0.25) is 0 Å². The molecule has 0 radical (unpaired) electrons. The third-order valence-electron chi connectivity index (χ3n) is 2.83. The molecule has 5 nitrogen and oxygen atoms in total. The number of aryl methyl sites for hydroxylation is 1. The minimum Gasteiger partial charge on any atom is -0.496 e. The number of aliphatic hydroxyl groups excluding tert-OH is 1. The van der Waals surface area contributed by atoms with Gasteiger partial charge in [0.2, 0.25) is 0 Å². The van der Waals surface area contributed by atoms with Crippen LogP contribution in [0.15, 0.2) is 18.2 Å². The number of hydrogen-bond donors (Lipinski definition) is 3. The second-order valence-corrected chi connectivity index (χ2v) is 4.46. The van der Waals surface area contributed by atoms with Gasteiger partial charge in [0, 0.05) is 18.5 Å². The maximum Gasteiger partial charge on any atom is 0.303 e. The Morgan fingerprint density at radius 1 is 1.47 bits per heavy atom. The average Bonchev–Trinajstić information content (AvgIpc) is 2.37. The standard InChI is InChI=1S/C14H21NO4/c1-10-5-6-13(19-2)11(8-10)12(16)9-15-7-3-4-14(17)18/h5-6,8,12,15-16H,3-4,7,9H2,1-2H3,(H,17,18). The molecule has 0 saturated carbocycles. The van der Waals surface area contributed by atoms with Crippen LogP contribution in [-0.2, 0) is 4.79 Å². The molecular weight excluding hydrogens is 246 g/mol. The van der Waals surface area contributed by atoms with Gasteiger partial charge in [-0.3, -0.25) is 4.79 Å². The Morgan fingerprint density at radius 3 is 2.84 bits per heavy atom. The van der Waals surface area contributed by atoms with Crippen molar-refractivity contribution in [1.82, 2.24) is 5.32 Å². The van der Waals surface area contributed by atoms with E-state index in [-0.39, 0.29) is 6.42 Å². The number of aliphatic carboxylic acids is 1. The molecule has 1 rings (SSSR count). The average molecular weight is 267 g/mol. The van der Waals surface area contributed by atoms with Crippen LogP contribution in [0.3, 0.4) is 0 Å². The molecule has 1 aromatic rings. The number of hydrogen-bond acceptors (Lipinski definition) is 4. The predicted octanol–water partition coefficient (Wildman–Crippen LogP) is 1.49. The first-order chi connectivity index (χ1) is 9.04. The Labute approximate surface area is 113 Å². The smallest absolute Gasteiger partial charge is 0.303 e. The summed E-state index contributed by atoms with van der Waals surface area (Å²) in [7, 11) is 1.57. The zero-order valence-corrected chi connectivity index (χ0v) is 11.3. The van der Waals surface area contributed by atoms with E-state index in [2.05, 4.69) is 5.32 Å². The number of nitrogens with one attached hydrogen (secondary N) is 1. The molecule has 3 N–H and O–H groups in total. The molecule has 0 aliphatic carbocycles. The normalized spacial score (nSPS) is 12.2. The second kappa shape index (κ2) is 7.76. The fourth-order valence-electron chi connectivity index (χ4n) is 1.83. The molecule has 0 aliphatic rings. The fourth-order valence-corrected chi connectivity index (χ4v) is 1.83. The van der Waals surface area contributed by atoms with Crippen LogP contribution >= 0.6 is 0 Å². The number of benzene rings is 1. The Morgan fingerprint density at radius 2 is 2.21 bits per heavy atom. The monoisotopic (exact) mass is 267 g/mol. The van der Waals surface area contributed by atoms with Crippen molar-refractivity contribution in [3.05, 3.63) is 29.3 Å². The summed E-state index contributed by atoms with van der Waals surface area (Å²) < 4.78 is 5.21. The van der Waals surface area contributed by atoms with Crippen molar-refractivity contribution in [3.8, 4) is 5.75 Å². The van der Waals surface area contributed by atoms with Crippen LogP contribution in [0.25, 0.3) is 0 Å². The maximum absolute atomic E-state index is 10.3. The summed E-state index contributed by atoms with van der Waals surface area (Å²) in [4.78, 5) is 10.3. The van der Waals surface area contributed by atoms with Gasteiger partial charge in [0.05, 0.1) is 13.2 Å². The molecule has 1 atom stereocenters. The minimum atomic E-state index is -0.803. The van der Waals surface area contributed by atoms with Crippen molar-refractivity contribution >= 4 is 5.97 Å². The molecule has 1 unspecified atom stereocenters. The summed E-state index contributed by atoms with van der Waals surface area (Å²) in [6.45, 7) is 2.90. The highest BCUT2D eigenvalue weighted by Gasteiger charge is 2.13. The predicted molar refractivity (Wildman–Crippen MR) is 72.4 cm³/mol. The van der Waals surface area contributed by atoms with E-state index in [1.165, 1.54) is 0 Å². The molecule has 5 heteroatoms. The first-order valence-electron chi connectivity index (χ1n) is 6.29. The summed E-state index contributed by atoms with van der Waals surface area (Å²) in [6, 6.07) is 5.65. The third-order valence-corrected chi connectivity index (χ3v) is 2.83. The van der Waals surface area contributed by atoms with Crippen LogP contribution in [0.5, 0.6) is 5.75 Å². The SMILES string of the molecule is COc1ccc(C)cc1C(O)CNCCCC(=O)O. The van der Waals surface area contributed by atoms with Gasteiger partial charge in [-0.1, -0.05) is 11.6 Å². The van der Waals surface area contributed by atoms with Crippen LogP contribution < -0.4 is 10.1 Å². The van der Waals surface area contributed by atoms with Gasteiger partial charge >= 0.3 is 5.97 Å². The number of aliphatic hydroxyl groups is 1. The van der Waals surface area contributed by atoms with Crippen LogP contribution in [0, 0.1) is 6.92 Å². The number of methoxy groups -OCH3 is 1. The van der Waals surface area contributed by atoms with Gasteiger partial charge in [0.25, 0.3) is 0 Å². The van der Waals surface area contributed by atoms with E-state index in [0.717, 1.165) is 11.1 Å². The third kappa shape index (κ3) is 5.28. The Hall–Kier alpha value is -1.59. The molecule has 0 bridgehead atoms. The molecule has 0 aromatic heterocycles. The molecule has 0 fully saturated rings. The fraction of sp³-hybridized carbons (Fsp3) is 0.500. The quantitative estimate of drug-likeness (QED) is 0.622. The lowest BCUT2D eigenvalue weighted by Gasteiger charge is -2.16. The maximum atomic E-state index is 10.3. The minimum absolute atomic E-state index is 0.136. The van der Waals surface area contributed by atoms with Crippen LogP contribution in [0.4, 0.5) is 0 Å². The van der Waals surface area contributed by atoms with E-state index < -0.39 is 12.1 Å². The molecule has 19 heavy (non-hydrogen) atoms. The number of carboxylic acid groups (broad SMARTS) is 1. The lowest BCUT2D eigenvalue weighted by molar-refractivity contribution is -0.137. The lowest BCUT2D eigenvalue weighted by Crippen LogP contribution is -2.23. The summed E-state index contributed by atoms with van der Waals surface area (Å²) in [5.41, 5.74) is 1.80.